The van der Waals surface area contributed by atoms with E-state index in [2.05, 4.69) is 10.9 Å². The zero-order valence-electron chi connectivity index (χ0n) is 18.1. The molecule has 1 aromatic carbocycles. The molecule has 0 spiro atoms. The van der Waals surface area contributed by atoms with Crippen LogP contribution in [0.25, 0.3) is 0 Å². The number of hydrogen-bond donors (Lipinski definition) is 3. The van der Waals surface area contributed by atoms with Crippen molar-refractivity contribution in [2.75, 3.05) is 20.3 Å². The van der Waals surface area contributed by atoms with E-state index >= 15 is 0 Å². The average molecular weight is 393 g/mol. The van der Waals surface area contributed by atoms with E-state index in [-0.39, 0.29) is 29.8 Å². The number of benzene rings is 1. The number of ether oxygens (including phenoxy) is 1. The van der Waals surface area contributed by atoms with E-state index in [4.69, 9.17) is 4.74 Å². The predicted octanol–water partition coefficient (Wildman–Crippen LogP) is 2.74. The number of nitrogens with one attached hydrogen (secondary N) is 2. The van der Waals surface area contributed by atoms with Gasteiger partial charge in [-0.25, -0.2) is 5.43 Å². The Balaban J connectivity index is 3.13. The molecule has 6 nitrogen and oxygen atoms in total. The monoisotopic (exact) mass is 392 g/mol. The molecule has 0 aliphatic heterocycles. The predicted molar refractivity (Wildman–Crippen MR) is 111 cm³/mol. The van der Waals surface area contributed by atoms with Crippen molar-refractivity contribution in [2.45, 2.75) is 59.3 Å². The second kappa shape index (κ2) is 10.6. The molecule has 6 heteroatoms. The first-order chi connectivity index (χ1) is 13.1. The van der Waals surface area contributed by atoms with Crippen LogP contribution in [0.4, 0.5) is 0 Å². The SMILES string of the molecule is CCOC(=O)C(C)Cc1cccc(C(C)(CCC(C)(C)CO)C(=O)NNC)c1. The first-order valence-corrected chi connectivity index (χ1v) is 9.93. The summed E-state index contributed by atoms with van der Waals surface area (Å²) in [6.45, 7) is 9.97. The maximum Gasteiger partial charge on any atom is 0.308 e. The molecular formula is C22H36N2O4. The highest BCUT2D eigenvalue weighted by Gasteiger charge is 2.37. The molecule has 0 aliphatic carbocycles. The third kappa shape index (κ3) is 6.60. The first-order valence-electron chi connectivity index (χ1n) is 9.93. The van der Waals surface area contributed by atoms with E-state index in [0.717, 1.165) is 11.1 Å². The Morgan fingerprint density at radius 2 is 1.89 bits per heavy atom. The second-order valence-electron chi connectivity index (χ2n) is 8.42. The first kappa shape index (κ1) is 24.1. The van der Waals surface area contributed by atoms with Gasteiger partial charge in [0.15, 0.2) is 0 Å². The Kier molecular flexibility index (Phi) is 9.11. The van der Waals surface area contributed by atoms with E-state index in [9.17, 15) is 14.7 Å². The van der Waals surface area contributed by atoms with Gasteiger partial charge in [0.1, 0.15) is 0 Å². The Bertz CT molecular complexity index is 660. The van der Waals surface area contributed by atoms with Crippen molar-refractivity contribution in [1.29, 1.82) is 0 Å². The van der Waals surface area contributed by atoms with E-state index in [1.54, 1.807) is 14.0 Å². The van der Waals surface area contributed by atoms with Gasteiger partial charge in [-0.05, 0) is 49.7 Å². The number of hydrogen-bond acceptors (Lipinski definition) is 5. The molecule has 0 saturated carbocycles. The summed E-state index contributed by atoms with van der Waals surface area (Å²) in [7, 11) is 1.66. The van der Waals surface area contributed by atoms with Crippen molar-refractivity contribution < 1.29 is 19.4 Å². The van der Waals surface area contributed by atoms with Crippen LogP contribution in [0.5, 0.6) is 0 Å². The number of carbonyl (C=O) groups excluding carboxylic acids is 2. The molecule has 0 aromatic heterocycles. The molecular weight excluding hydrogens is 356 g/mol. The number of aliphatic hydroxyl groups is 1. The van der Waals surface area contributed by atoms with Crippen molar-refractivity contribution in [3.8, 4) is 0 Å². The van der Waals surface area contributed by atoms with Crippen LogP contribution >= 0.6 is 0 Å². The maximum atomic E-state index is 12.9. The molecule has 0 radical (unpaired) electrons. The molecule has 1 amide bonds. The van der Waals surface area contributed by atoms with Crippen molar-refractivity contribution in [2.24, 2.45) is 11.3 Å². The molecule has 3 N–H and O–H groups in total. The smallest absolute Gasteiger partial charge is 0.308 e. The molecule has 0 bridgehead atoms. The molecule has 2 atom stereocenters. The summed E-state index contributed by atoms with van der Waals surface area (Å²) in [5, 5.41) is 9.59. The Morgan fingerprint density at radius 1 is 1.21 bits per heavy atom. The quantitative estimate of drug-likeness (QED) is 0.398. The van der Waals surface area contributed by atoms with E-state index in [0.29, 0.717) is 25.9 Å². The third-order valence-corrected chi connectivity index (χ3v) is 5.26. The van der Waals surface area contributed by atoms with Gasteiger partial charge in [0.25, 0.3) is 0 Å². The van der Waals surface area contributed by atoms with Crippen molar-refractivity contribution in [1.82, 2.24) is 10.9 Å². The van der Waals surface area contributed by atoms with Crippen LogP contribution in [-0.2, 0) is 26.2 Å². The van der Waals surface area contributed by atoms with Crippen LogP contribution in [0.1, 0.15) is 58.6 Å². The minimum atomic E-state index is -0.765. The number of rotatable bonds is 11. The Labute approximate surface area is 169 Å². The zero-order chi connectivity index (χ0) is 21.4. The number of esters is 1. The van der Waals surface area contributed by atoms with Gasteiger partial charge in [-0.1, -0.05) is 45.0 Å². The molecule has 1 aromatic rings. The van der Waals surface area contributed by atoms with Crippen LogP contribution < -0.4 is 10.9 Å². The van der Waals surface area contributed by atoms with Crippen LogP contribution in [0.15, 0.2) is 24.3 Å². The summed E-state index contributed by atoms with van der Waals surface area (Å²) in [5.41, 5.74) is 6.28. The summed E-state index contributed by atoms with van der Waals surface area (Å²) < 4.78 is 5.10. The maximum absolute atomic E-state index is 12.9. The van der Waals surface area contributed by atoms with E-state index in [1.165, 1.54) is 0 Å². The van der Waals surface area contributed by atoms with Gasteiger partial charge in [-0.2, -0.15) is 0 Å². The lowest BCUT2D eigenvalue weighted by molar-refractivity contribution is -0.147. The van der Waals surface area contributed by atoms with E-state index < -0.39 is 5.41 Å². The fraction of sp³-hybridized carbons (Fsp3) is 0.636. The number of hydrazine groups is 1. The molecule has 158 valence electrons. The molecule has 28 heavy (non-hydrogen) atoms. The van der Waals surface area contributed by atoms with Gasteiger partial charge in [0.2, 0.25) is 5.91 Å². The van der Waals surface area contributed by atoms with Crippen LogP contribution in [-0.4, -0.2) is 37.2 Å². The third-order valence-electron chi connectivity index (χ3n) is 5.26. The second-order valence-corrected chi connectivity index (χ2v) is 8.42. The lowest BCUT2D eigenvalue weighted by atomic mass is 9.73. The Morgan fingerprint density at radius 3 is 2.46 bits per heavy atom. The number of carbonyl (C=O) groups is 2. The van der Waals surface area contributed by atoms with Gasteiger partial charge < -0.3 is 9.84 Å². The van der Waals surface area contributed by atoms with Crippen LogP contribution in [0.2, 0.25) is 0 Å². The summed E-state index contributed by atoms with van der Waals surface area (Å²) in [6, 6.07) is 7.83. The molecule has 2 unspecified atom stereocenters. The number of amides is 1. The lowest BCUT2D eigenvalue weighted by Gasteiger charge is -2.33. The molecule has 0 fully saturated rings. The average Bonchev–Trinajstić information content (AvgIpc) is 2.66. The molecule has 0 aliphatic rings. The normalized spacial score (nSPS) is 14.8. The van der Waals surface area contributed by atoms with Crippen molar-refractivity contribution in [3.05, 3.63) is 35.4 Å². The summed E-state index contributed by atoms with van der Waals surface area (Å²) in [5.74, 6) is -0.589. The van der Waals surface area contributed by atoms with Crippen molar-refractivity contribution >= 4 is 11.9 Å². The highest BCUT2D eigenvalue weighted by Crippen LogP contribution is 2.35. The van der Waals surface area contributed by atoms with Crippen molar-refractivity contribution in [3.63, 3.8) is 0 Å². The van der Waals surface area contributed by atoms with Gasteiger partial charge in [0, 0.05) is 13.7 Å². The topological polar surface area (TPSA) is 87.7 Å². The van der Waals surface area contributed by atoms with Crippen LogP contribution in [0, 0.1) is 11.3 Å². The summed E-state index contributed by atoms with van der Waals surface area (Å²) in [6.07, 6.45) is 1.84. The lowest BCUT2D eigenvalue weighted by Crippen LogP contribution is -2.47. The van der Waals surface area contributed by atoms with Gasteiger partial charge >= 0.3 is 5.97 Å². The molecule has 0 heterocycles. The highest BCUT2D eigenvalue weighted by atomic mass is 16.5. The minimum Gasteiger partial charge on any atom is -0.466 e. The fourth-order valence-corrected chi connectivity index (χ4v) is 3.07. The zero-order valence-corrected chi connectivity index (χ0v) is 18.1. The van der Waals surface area contributed by atoms with E-state index in [1.807, 2.05) is 52.0 Å². The highest BCUT2D eigenvalue weighted by molar-refractivity contribution is 5.87. The van der Waals surface area contributed by atoms with Gasteiger partial charge in [-0.3, -0.25) is 15.0 Å². The Hall–Kier alpha value is -1.92. The van der Waals surface area contributed by atoms with Gasteiger partial charge in [0.05, 0.1) is 17.9 Å². The van der Waals surface area contributed by atoms with Gasteiger partial charge in [-0.15, -0.1) is 0 Å². The molecule has 0 saturated heterocycles. The van der Waals surface area contributed by atoms with Crippen LogP contribution in [0.3, 0.4) is 0 Å². The largest absolute Gasteiger partial charge is 0.466 e. The molecule has 1 rings (SSSR count). The number of aliphatic hydroxyl groups excluding tert-OH is 1. The standard InChI is InChI=1S/C22H36N2O4/c1-7-28-19(26)16(2)13-17-9-8-10-18(14-17)22(5,20(27)24-23-6)12-11-21(3,4)15-25/h8-10,14,16,23,25H,7,11-13,15H2,1-6H3,(H,24,27). The minimum absolute atomic E-state index is 0.0633. The fourth-order valence-electron chi connectivity index (χ4n) is 3.07. The summed E-state index contributed by atoms with van der Waals surface area (Å²) in [4.78, 5) is 24.8. The summed E-state index contributed by atoms with van der Waals surface area (Å²) >= 11 is 0.